The molecule has 2 aromatic rings. The van der Waals surface area contributed by atoms with Gasteiger partial charge in [0.05, 0.1) is 11.5 Å². The van der Waals surface area contributed by atoms with Gasteiger partial charge in [-0.2, -0.15) is 0 Å². The number of carbonyl (C=O) groups is 1. The third kappa shape index (κ3) is 5.39. The van der Waals surface area contributed by atoms with E-state index in [-0.39, 0.29) is 11.6 Å². The van der Waals surface area contributed by atoms with Gasteiger partial charge in [-0.3, -0.25) is 14.9 Å². The largest absolute Gasteiger partial charge is 0.494 e. The van der Waals surface area contributed by atoms with E-state index in [4.69, 9.17) is 4.74 Å². The summed E-state index contributed by atoms with van der Waals surface area (Å²) in [4.78, 5) is 21.9. The van der Waals surface area contributed by atoms with Gasteiger partial charge in [0.25, 0.3) is 5.69 Å². The molecule has 126 valence electrons. The highest BCUT2D eigenvalue weighted by Gasteiger charge is 2.06. The number of rotatable bonds is 8. The van der Waals surface area contributed by atoms with Gasteiger partial charge in [0.15, 0.2) is 0 Å². The molecule has 0 aliphatic heterocycles. The van der Waals surface area contributed by atoms with Crippen molar-refractivity contribution in [2.75, 3.05) is 11.9 Å². The maximum atomic E-state index is 11.8. The molecular formula is C18H20N2O4. The average Bonchev–Trinajstić information content (AvgIpc) is 2.59. The first-order valence-corrected chi connectivity index (χ1v) is 7.84. The molecule has 0 bridgehead atoms. The molecule has 6 heteroatoms. The minimum atomic E-state index is -0.476. The SMILES string of the molecule is CCc1ccc(OCCCC(=O)Nc2ccc([N+](=O)[O-])cc2)cc1. The van der Waals surface area contributed by atoms with Crippen LogP contribution in [-0.4, -0.2) is 17.4 Å². The lowest BCUT2D eigenvalue weighted by molar-refractivity contribution is -0.384. The Balaban J connectivity index is 1.69. The molecule has 0 atom stereocenters. The van der Waals surface area contributed by atoms with Crippen molar-refractivity contribution in [3.8, 4) is 5.75 Å². The van der Waals surface area contributed by atoms with Gasteiger partial charge < -0.3 is 10.1 Å². The van der Waals surface area contributed by atoms with Crippen LogP contribution in [0.3, 0.4) is 0 Å². The zero-order valence-electron chi connectivity index (χ0n) is 13.5. The third-order valence-electron chi connectivity index (χ3n) is 3.51. The first kappa shape index (κ1) is 17.5. The van der Waals surface area contributed by atoms with Crippen molar-refractivity contribution in [3.05, 3.63) is 64.2 Å². The second kappa shape index (κ2) is 8.67. The summed E-state index contributed by atoms with van der Waals surface area (Å²) in [6, 6.07) is 13.7. The predicted molar refractivity (Wildman–Crippen MR) is 92.3 cm³/mol. The van der Waals surface area contributed by atoms with E-state index in [1.54, 1.807) is 0 Å². The highest BCUT2D eigenvalue weighted by atomic mass is 16.6. The molecule has 0 aliphatic rings. The standard InChI is InChI=1S/C18H20N2O4/c1-2-14-5-11-17(12-6-14)24-13-3-4-18(21)19-15-7-9-16(10-8-15)20(22)23/h5-12H,2-4,13H2,1H3,(H,19,21). The van der Waals surface area contributed by atoms with Gasteiger partial charge in [-0.05, 0) is 42.7 Å². The smallest absolute Gasteiger partial charge is 0.269 e. The number of nitro groups is 1. The van der Waals surface area contributed by atoms with Gasteiger partial charge in [0, 0.05) is 24.2 Å². The van der Waals surface area contributed by atoms with Crippen molar-refractivity contribution in [3.63, 3.8) is 0 Å². The van der Waals surface area contributed by atoms with E-state index in [1.807, 2.05) is 24.3 Å². The Morgan fingerprint density at radius 1 is 1.12 bits per heavy atom. The lowest BCUT2D eigenvalue weighted by Gasteiger charge is -2.07. The van der Waals surface area contributed by atoms with Crippen molar-refractivity contribution in [1.29, 1.82) is 0 Å². The van der Waals surface area contributed by atoms with Gasteiger partial charge in [-0.1, -0.05) is 19.1 Å². The van der Waals surface area contributed by atoms with E-state index in [0.717, 1.165) is 12.2 Å². The number of anilines is 1. The molecule has 0 fully saturated rings. The summed E-state index contributed by atoms with van der Waals surface area (Å²) in [6.45, 7) is 2.55. The molecule has 0 spiro atoms. The van der Waals surface area contributed by atoms with Gasteiger partial charge >= 0.3 is 0 Å². The van der Waals surface area contributed by atoms with Crippen LogP contribution < -0.4 is 10.1 Å². The number of amides is 1. The molecule has 0 aliphatic carbocycles. The minimum absolute atomic E-state index is 0.00418. The van der Waals surface area contributed by atoms with Crippen LogP contribution in [0.25, 0.3) is 0 Å². The van der Waals surface area contributed by atoms with Crippen molar-refractivity contribution in [1.82, 2.24) is 0 Å². The minimum Gasteiger partial charge on any atom is -0.494 e. The zero-order valence-corrected chi connectivity index (χ0v) is 13.5. The van der Waals surface area contributed by atoms with Gasteiger partial charge in [-0.25, -0.2) is 0 Å². The van der Waals surface area contributed by atoms with E-state index >= 15 is 0 Å². The van der Waals surface area contributed by atoms with E-state index in [2.05, 4.69) is 12.2 Å². The molecule has 2 rings (SSSR count). The Hall–Kier alpha value is -2.89. The molecule has 1 amide bonds. The van der Waals surface area contributed by atoms with Crippen LogP contribution in [0.1, 0.15) is 25.3 Å². The summed E-state index contributed by atoms with van der Waals surface area (Å²) in [5, 5.41) is 13.3. The Labute approximate surface area is 140 Å². The van der Waals surface area contributed by atoms with Crippen LogP contribution in [0.15, 0.2) is 48.5 Å². The van der Waals surface area contributed by atoms with Crippen LogP contribution in [0.4, 0.5) is 11.4 Å². The number of hydrogen-bond acceptors (Lipinski definition) is 4. The topological polar surface area (TPSA) is 81.5 Å². The first-order valence-electron chi connectivity index (χ1n) is 7.84. The fourth-order valence-corrected chi connectivity index (χ4v) is 2.13. The van der Waals surface area contributed by atoms with Crippen LogP contribution in [0.5, 0.6) is 5.75 Å². The second-order valence-electron chi connectivity index (χ2n) is 5.30. The molecule has 0 saturated carbocycles. The number of nitro benzene ring substituents is 1. The number of carbonyl (C=O) groups excluding carboxylic acids is 1. The second-order valence-corrected chi connectivity index (χ2v) is 5.30. The summed E-state index contributed by atoms with van der Waals surface area (Å²) < 4.78 is 5.59. The van der Waals surface area contributed by atoms with Gasteiger partial charge in [0.2, 0.25) is 5.91 Å². The number of aryl methyl sites for hydroxylation is 1. The Bertz CT molecular complexity index is 681. The molecule has 0 heterocycles. The molecular weight excluding hydrogens is 308 g/mol. The molecule has 2 aromatic carbocycles. The predicted octanol–water partition coefficient (Wildman–Crippen LogP) is 3.95. The highest BCUT2D eigenvalue weighted by molar-refractivity contribution is 5.90. The Morgan fingerprint density at radius 3 is 2.38 bits per heavy atom. The van der Waals surface area contributed by atoms with Crippen molar-refractivity contribution in [2.45, 2.75) is 26.2 Å². The van der Waals surface area contributed by atoms with Crippen LogP contribution in [0, 0.1) is 10.1 Å². The molecule has 0 saturated heterocycles. The van der Waals surface area contributed by atoms with Crippen molar-refractivity contribution in [2.24, 2.45) is 0 Å². The fraction of sp³-hybridized carbons (Fsp3) is 0.278. The summed E-state index contributed by atoms with van der Waals surface area (Å²) in [6.07, 6.45) is 1.90. The summed E-state index contributed by atoms with van der Waals surface area (Å²) >= 11 is 0. The highest BCUT2D eigenvalue weighted by Crippen LogP contribution is 2.16. The first-order chi connectivity index (χ1) is 11.6. The number of nitrogens with one attached hydrogen (secondary N) is 1. The summed E-state index contributed by atoms with van der Waals surface area (Å²) in [5.41, 5.74) is 1.79. The number of ether oxygens (including phenoxy) is 1. The summed E-state index contributed by atoms with van der Waals surface area (Å²) in [7, 11) is 0. The molecule has 0 aromatic heterocycles. The Morgan fingerprint density at radius 2 is 1.79 bits per heavy atom. The molecule has 1 N–H and O–H groups in total. The molecule has 24 heavy (non-hydrogen) atoms. The maximum Gasteiger partial charge on any atom is 0.269 e. The van der Waals surface area contributed by atoms with Crippen LogP contribution >= 0.6 is 0 Å². The molecule has 0 radical (unpaired) electrons. The lowest BCUT2D eigenvalue weighted by Crippen LogP contribution is -2.12. The van der Waals surface area contributed by atoms with Gasteiger partial charge in [0.1, 0.15) is 5.75 Å². The molecule has 6 nitrogen and oxygen atoms in total. The zero-order chi connectivity index (χ0) is 17.4. The number of benzene rings is 2. The van der Waals surface area contributed by atoms with E-state index in [0.29, 0.717) is 25.1 Å². The Kier molecular flexibility index (Phi) is 6.31. The maximum absolute atomic E-state index is 11.8. The van der Waals surface area contributed by atoms with Crippen molar-refractivity contribution < 1.29 is 14.5 Å². The average molecular weight is 328 g/mol. The van der Waals surface area contributed by atoms with E-state index in [1.165, 1.54) is 29.8 Å². The lowest BCUT2D eigenvalue weighted by atomic mass is 10.2. The fourth-order valence-electron chi connectivity index (χ4n) is 2.13. The van der Waals surface area contributed by atoms with Crippen LogP contribution in [-0.2, 0) is 11.2 Å². The van der Waals surface area contributed by atoms with E-state index in [9.17, 15) is 14.9 Å². The number of non-ortho nitro benzene ring substituents is 1. The molecule has 0 unspecified atom stereocenters. The number of hydrogen-bond donors (Lipinski definition) is 1. The number of nitrogens with zero attached hydrogens (tertiary/aromatic N) is 1. The van der Waals surface area contributed by atoms with Gasteiger partial charge in [-0.15, -0.1) is 0 Å². The van der Waals surface area contributed by atoms with Crippen LogP contribution in [0.2, 0.25) is 0 Å². The normalized spacial score (nSPS) is 10.2. The summed E-state index contributed by atoms with van der Waals surface area (Å²) in [5.74, 6) is 0.650. The third-order valence-corrected chi connectivity index (χ3v) is 3.51. The quantitative estimate of drug-likeness (QED) is 0.452. The van der Waals surface area contributed by atoms with Crippen molar-refractivity contribution >= 4 is 17.3 Å². The van der Waals surface area contributed by atoms with E-state index < -0.39 is 4.92 Å². The monoisotopic (exact) mass is 328 g/mol.